The molecule has 0 aliphatic carbocycles. The van der Waals surface area contributed by atoms with Crippen molar-refractivity contribution in [2.75, 3.05) is 0 Å². The molecule has 2 rings (SSSR count). The van der Waals surface area contributed by atoms with Crippen molar-refractivity contribution in [1.82, 2.24) is 0 Å². The van der Waals surface area contributed by atoms with E-state index in [9.17, 15) is 13.2 Å². The first-order valence-electron chi connectivity index (χ1n) is 3.34. The SMILES string of the molecule is NS(N)(=O)=O.O=c1c2ccccc12.[LiH]. The summed E-state index contributed by atoms with van der Waals surface area (Å²) in [5.41, 5.74) is 0.218. The van der Waals surface area contributed by atoms with E-state index in [1.807, 2.05) is 24.3 Å². The third-order valence-corrected chi connectivity index (χ3v) is 1.35. The number of benzene rings is 1. The summed E-state index contributed by atoms with van der Waals surface area (Å²) in [5.74, 6) is 0. The Morgan fingerprint density at radius 3 is 1.50 bits per heavy atom. The molecular weight excluding hydrogens is 199 g/mol. The van der Waals surface area contributed by atoms with E-state index in [-0.39, 0.29) is 24.3 Å². The number of nitrogens with two attached hydrogens (primary N) is 2. The summed E-state index contributed by atoms with van der Waals surface area (Å²) in [6.07, 6.45) is 0. The van der Waals surface area contributed by atoms with Gasteiger partial charge in [0.05, 0.1) is 0 Å². The molecule has 7 heteroatoms. The fraction of sp³-hybridized carbons (Fsp3) is 0. The van der Waals surface area contributed by atoms with Gasteiger partial charge in [-0.1, -0.05) is 24.3 Å². The van der Waals surface area contributed by atoms with E-state index >= 15 is 0 Å². The van der Waals surface area contributed by atoms with E-state index in [0.29, 0.717) is 0 Å². The molecule has 0 heterocycles. The van der Waals surface area contributed by atoms with Gasteiger partial charge >= 0.3 is 18.9 Å². The standard InChI is InChI=1S/C7H4O.Li.H4N2O2S.H/c8-7-5-3-1-2-4-6(5)7;;1-5(2,3)4;/h1-4H;;(H4,1,2,3,4);. The Kier molecular flexibility index (Phi) is 4.51. The van der Waals surface area contributed by atoms with Gasteiger partial charge in [0, 0.05) is 10.8 Å². The minimum atomic E-state index is -3.67. The van der Waals surface area contributed by atoms with Crippen molar-refractivity contribution in [1.29, 1.82) is 0 Å². The molecule has 0 unspecified atom stereocenters. The molecule has 72 valence electrons. The summed E-state index contributed by atoms with van der Waals surface area (Å²) < 4.78 is 18.4. The topological polar surface area (TPSA) is 103 Å². The number of hydrogen-bond donors (Lipinski definition) is 2. The summed E-state index contributed by atoms with van der Waals surface area (Å²) in [6.45, 7) is 0. The summed E-state index contributed by atoms with van der Waals surface area (Å²) in [6, 6.07) is 7.45. The van der Waals surface area contributed by atoms with Crippen molar-refractivity contribution in [2.45, 2.75) is 0 Å². The second kappa shape index (κ2) is 4.73. The van der Waals surface area contributed by atoms with Crippen molar-refractivity contribution in [3.05, 3.63) is 34.5 Å². The average Bonchev–Trinajstić information content (AvgIpc) is 2.61. The second-order valence-electron chi connectivity index (χ2n) is 2.46. The zero-order valence-corrected chi connectivity index (χ0v) is 7.41. The molecule has 0 bridgehead atoms. The molecule has 0 radical (unpaired) electrons. The predicted octanol–water partition coefficient (Wildman–Crippen LogP) is -1.42. The Hall–Kier alpha value is -0.643. The number of hydrogen-bond acceptors (Lipinski definition) is 3. The zero-order chi connectivity index (χ0) is 10.1. The second-order valence-corrected chi connectivity index (χ2v) is 3.64. The molecule has 0 aromatic heterocycles. The monoisotopic (exact) mass is 208 g/mol. The molecule has 0 aliphatic rings. The van der Waals surface area contributed by atoms with Crippen LogP contribution in [0.5, 0.6) is 0 Å². The van der Waals surface area contributed by atoms with Crippen LogP contribution in [0, 0.1) is 0 Å². The van der Waals surface area contributed by atoms with Crippen LogP contribution in [0.4, 0.5) is 0 Å². The molecule has 0 spiro atoms. The van der Waals surface area contributed by atoms with Gasteiger partial charge in [-0.05, 0) is 0 Å². The van der Waals surface area contributed by atoms with E-state index in [1.54, 1.807) is 0 Å². The Bertz CT molecular complexity index is 489. The van der Waals surface area contributed by atoms with E-state index in [2.05, 4.69) is 10.3 Å². The van der Waals surface area contributed by atoms with Crippen LogP contribution in [0.1, 0.15) is 0 Å². The Morgan fingerprint density at radius 1 is 1.00 bits per heavy atom. The van der Waals surface area contributed by atoms with Crippen LogP contribution in [-0.4, -0.2) is 27.3 Å². The molecule has 0 atom stereocenters. The summed E-state index contributed by atoms with van der Waals surface area (Å²) in [4.78, 5) is 10.5. The first-order valence-corrected chi connectivity index (χ1v) is 4.95. The first kappa shape index (κ1) is 13.4. The van der Waals surface area contributed by atoms with Crippen LogP contribution in [-0.2, 0) is 10.2 Å². The van der Waals surface area contributed by atoms with E-state index < -0.39 is 10.2 Å². The van der Waals surface area contributed by atoms with Gasteiger partial charge in [0.2, 0.25) is 0 Å². The van der Waals surface area contributed by atoms with Crippen LogP contribution in [0.25, 0.3) is 10.8 Å². The van der Waals surface area contributed by atoms with Crippen molar-refractivity contribution < 1.29 is 8.42 Å². The minimum absolute atomic E-state index is 0. The van der Waals surface area contributed by atoms with Gasteiger partial charge in [0.25, 0.3) is 10.2 Å². The molecule has 0 amide bonds. The van der Waals surface area contributed by atoms with Crippen molar-refractivity contribution >= 4 is 39.8 Å². The van der Waals surface area contributed by atoms with Gasteiger partial charge in [0.15, 0.2) is 5.43 Å². The predicted molar refractivity (Wildman–Crippen MR) is 57.0 cm³/mol. The normalized spacial score (nSPS) is 10.4. The third kappa shape index (κ3) is 4.55. The number of fused-ring (bicyclic) bond motifs is 1. The summed E-state index contributed by atoms with van der Waals surface area (Å²) in [5, 5.41) is 10.0. The molecule has 0 saturated carbocycles. The molecule has 2 aromatic carbocycles. The molecule has 14 heavy (non-hydrogen) atoms. The molecule has 4 N–H and O–H groups in total. The zero-order valence-electron chi connectivity index (χ0n) is 6.60. The van der Waals surface area contributed by atoms with Crippen molar-refractivity contribution in [2.24, 2.45) is 10.3 Å². The van der Waals surface area contributed by atoms with Crippen molar-refractivity contribution in [3.63, 3.8) is 0 Å². The molecular formula is C7H9LiN2O3S. The Labute approximate surface area is 93.1 Å². The molecule has 0 saturated heterocycles. The van der Waals surface area contributed by atoms with E-state index in [0.717, 1.165) is 10.8 Å². The Morgan fingerprint density at radius 2 is 1.29 bits per heavy atom. The van der Waals surface area contributed by atoms with Gasteiger partial charge in [-0.2, -0.15) is 8.42 Å². The van der Waals surface area contributed by atoms with Crippen LogP contribution >= 0.6 is 0 Å². The molecule has 2 aromatic rings. The maximum absolute atomic E-state index is 10.5. The van der Waals surface area contributed by atoms with Crippen LogP contribution < -0.4 is 15.7 Å². The van der Waals surface area contributed by atoms with E-state index in [1.165, 1.54) is 0 Å². The fourth-order valence-corrected chi connectivity index (χ4v) is 0.833. The Balaban J connectivity index is 0.000000253. The quantitative estimate of drug-likeness (QED) is 0.519. The van der Waals surface area contributed by atoms with Gasteiger partial charge in [-0.3, -0.25) is 4.79 Å². The van der Waals surface area contributed by atoms with Gasteiger partial charge in [-0.25, -0.2) is 10.3 Å². The van der Waals surface area contributed by atoms with Crippen molar-refractivity contribution in [3.8, 4) is 0 Å². The third-order valence-electron chi connectivity index (χ3n) is 1.35. The van der Waals surface area contributed by atoms with Crippen LogP contribution in [0.2, 0.25) is 0 Å². The van der Waals surface area contributed by atoms with Crippen LogP contribution in [0.15, 0.2) is 29.1 Å². The fourth-order valence-electron chi connectivity index (χ4n) is 0.833. The molecule has 0 fully saturated rings. The average molecular weight is 208 g/mol. The van der Waals surface area contributed by atoms with Gasteiger partial charge < -0.3 is 0 Å². The maximum atomic E-state index is 10.5. The van der Waals surface area contributed by atoms with Gasteiger partial charge in [0.1, 0.15) is 0 Å². The van der Waals surface area contributed by atoms with E-state index in [4.69, 9.17) is 0 Å². The summed E-state index contributed by atoms with van der Waals surface area (Å²) in [7, 11) is -3.67. The first-order chi connectivity index (χ1) is 5.89. The van der Waals surface area contributed by atoms with Gasteiger partial charge in [-0.15, -0.1) is 0 Å². The summed E-state index contributed by atoms with van der Waals surface area (Å²) >= 11 is 0. The number of rotatable bonds is 0. The molecule has 0 aliphatic heterocycles. The molecule has 5 nitrogen and oxygen atoms in total. The van der Waals surface area contributed by atoms with Crippen LogP contribution in [0.3, 0.4) is 0 Å².